The number of carbonyl (C=O) groups is 2. The lowest BCUT2D eigenvalue weighted by atomic mass is 10.1. The zero-order valence-electron chi connectivity index (χ0n) is 13.3. The van der Waals surface area contributed by atoms with Crippen LogP contribution in [-0.4, -0.2) is 23.3 Å². The van der Waals surface area contributed by atoms with Crippen molar-refractivity contribution >= 4 is 17.5 Å². The number of halogens is 1. The van der Waals surface area contributed by atoms with Gasteiger partial charge in [0.05, 0.1) is 6.04 Å². The van der Waals surface area contributed by atoms with Crippen LogP contribution in [0.25, 0.3) is 5.70 Å². The average molecular weight is 324 g/mol. The van der Waals surface area contributed by atoms with Crippen molar-refractivity contribution in [3.63, 3.8) is 0 Å². The van der Waals surface area contributed by atoms with Crippen molar-refractivity contribution in [3.05, 3.63) is 77.6 Å². The molecule has 24 heavy (non-hydrogen) atoms. The molecule has 0 radical (unpaired) electrons. The third-order valence-electron chi connectivity index (χ3n) is 4.09. The molecule has 122 valence electrons. The van der Waals surface area contributed by atoms with E-state index in [9.17, 15) is 14.0 Å². The largest absolute Gasteiger partial charge is 0.348 e. The van der Waals surface area contributed by atoms with Gasteiger partial charge in [0.25, 0.3) is 5.91 Å². The molecular formula is C19H17FN2O2. The van der Waals surface area contributed by atoms with Crippen molar-refractivity contribution in [1.29, 1.82) is 0 Å². The molecule has 2 amide bonds. The number of nitrogens with one attached hydrogen (secondary N) is 1. The number of rotatable bonds is 4. The Hall–Kier alpha value is -2.95. The lowest BCUT2D eigenvalue weighted by Gasteiger charge is -2.20. The Bertz CT molecular complexity index is 797. The monoisotopic (exact) mass is 324 g/mol. The van der Waals surface area contributed by atoms with Crippen LogP contribution in [0, 0.1) is 5.82 Å². The first-order valence-electron chi connectivity index (χ1n) is 7.63. The van der Waals surface area contributed by atoms with Gasteiger partial charge in [-0.3, -0.25) is 14.5 Å². The van der Waals surface area contributed by atoms with Crippen molar-refractivity contribution in [3.8, 4) is 0 Å². The highest BCUT2D eigenvalue weighted by molar-refractivity contribution is 6.10. The van der Waals surface area contributed by atoms with Crippen molar-refractivity contribution < 1.29 is 14.0 Å². The fourth-order valence-electron chi connectivity index (χ4n) is 2.84. The molecule has 1 N–H and O–H groups in total. The zero-order chi connectivity index (χ0) is 17.3. The van der Waals surface area contributed by atoms with Crippen molar-refractivity contribution in [1.82, 2.24) is 10.2 Å². The molecule has 1 atom stereocenters. The number of hydrogen-bond acceptors (Lipinski definition) is 2. The molecule has 1 aliphatic heterocycles. The van der Waals surface area contributed by atoms with Crippen molar-refractivity contribution in [2.24, 2.45) is 0 Å². The Morgan fingerprint density at radius 3 is 2.46 bits per heavy atom. The summed E-state index contributed by atoms with van der Waals surface area (Å²) in [6.07, 6.45) is 0. The molecule has 0 unspecified atom stereocenters. The molecule has 2 aromatic carbocycles. The van der Waals surface area contributed by atoms with Crippen LogP contribution < -0.4 is 5.32 Å². The van der Waals surface area contributed by atoms with Gasteiger partial charge in [0.1, 0.15) is 12.4 Å². The van der Waals surface area contributed by atoms with Crippen LogP contribution in [0.3, 0.4) is 0 Å². The Kier molecular flexibility index (Phi) is 4.16. The summed E-state index contributed by atoms with van der Waals surface area (Å²) in [5.74, 6) is -0.989. The summed E-state index contributed by atoms with van der Waals surface area (Å²) in [5.41, 5.74) is 2.18. The molecule has 4 nitrogen and oxygen atoms in total. The summed E-state index contributed by atoms with van der Waals surface area (Å²) in [5, 5.41) is 2.72. The lowest BCUT2D eigenvalue weighted by molar-refractivity contribution is -0.121. The predicted octanol–water partition coefficient (Wildman–Crippen LogP) is 3.13. The second-order valence-electron chi connectivity index (χ2n) is 5.69. The minimum absolute atomic E-state index is 0.148. The van der Waals surface area contributed by atoms with Crippen LogP contribution in [0.4, 0.5) is 4.39 Å². The molecule has 0 aromatic heterocycles. The van der Waals surface area contributed by atoms with Gasteiger partial charge in [0.15, 0.2) is 0 Å². The minimum Gasteiger partial charge on any atom is -0.348 e. The second-order valence-corrected chi connectivity index (χ2v) is 5.69. The van der Waals surface area contributed by atoms with Gasteiger partial charge >= 0.3 is 0 Å². The van der Waals surface area contributed by atoms with Gasteiger partial charge in [-0.05, 0) is 19.1 Å². The number of benzene rings is 2. The first kappa shape index (κ1) is 15.9. The number of fused-ring (bicyclic) bond motifs is 1. The van der Waals surface area contributed by atoms with Crippen LogP contribution in [0.15, 0.2) is 55.1 Å². The molecule has 0 fully saturated rings. The molecule has 1 heterocycles. The topological polar surface area (TPSA) is 49.4 Å². The van der Waals surface area contributed by atoms with Gasteiger partial charge in [0.2, 0.25) is 5.91 Å². The Morgan fingerprint density at radius 1 is 1.17 bits per heavy atom. The van der Waals surface area contributed by atoms with Crippen LogP contribution in [-0.2, 0) is 4.79 Å². The van der Waals surface area contributed by atoms with Crippen LogP contribution in [0.1, 0.15) is 34.5 Å². The summed E-state index contributed by atoms with van der Waals surface area (Å²) in [6.45, 7) is 5.45. The Morgan fingerprint density at radius 2 is 1.79 bits per heavy atom. The molecule has 5 heteroatoms. The molecule has 0 spiro atoms. The lowest BCUT2D eigenvalue weighted by Crippen LogP contribution is -2.38. The predicted molar refractivity (Wildman–Crippen MR) is 89.5 cm³/mol. The molecule has 0 aliphatic carbocycles. The molecule has 0 bridgehead atoms. The van der Waals surface area contributed by atoms with E-state index in [0.717, 1.165) is 5.56 Å². The van der Waals surface area contributed by atoms with Crippen LogP contribution in [0.2, 0.25) is 0 Å². The summed E-state index contributed by atoms with van der Waals surface area (Å²) in [4.78, 5) is 26.0. The van der Waals surface area contributed by atoms with Gasteiger partial charge in [-0.1, -0.05) is 43.0 Å². The summed E-state index contributed by atoms with van der Waals surface area (Å²) in [7, 11) is 0. The van der Waals surface area contributed by atoms with Crippen LogP contribution >= 0.6 is 0 Å². The molecule has 0 saturated carbocycles. The Labute approximate surface area is 139 Å². The number of hydrogen-bond donors (Lipinski definition) is 1. The molecule has 2 aromatic rings. The highest BCUT2D eigenvalue weighted by atomic mass is 19.1. The van der Waals surface area contributed by atoms with E-state index in [2.05, 4.69) is 11.9 Å². The highest BCUT2D eigenvalue weighted by Crippen LogP contribution is 2.30. The second kappa shape index (κ2) is 6.28. The fraction of sp³-hybridized carbons (Fsp3) is 0.158. The number of nitrogens with zero attached hydrogens (tertiary/aromatic N) is 1. The quantitative estimate of drug-likeness (QED) is 0.939. The molecule has 1 aliphatic rings. The zero-order valence-corrected chi connectivity index (χ0v) is 13.3. The summed E-state index contributed by atoms with van der Waals surface area (Å²) < 4.78 is 13.8. The van der Waals surface area contributed by atoms with E-state index < -0.39 is 6.04 Å². The average Bonchev–Trinajstić information content (AvgIpc) is 2.80. The van der Waals surface area contributed by atoms with E-state index >= 15 is 0 Å². The van der Waals surface area contributed by atoms with E-state index in [4.69, 9.17) is 0 Å². The van der Waals surface area contributed by atoms with E-state index in [-0.39, 0.29) is 24.2 Å². The highest BCUT2D eigenvalue weighted by Gasteiger charge is 2.32. The number of carbonyl (C=O) groups excluding carboxylic acids is 2. The first-order chi connectivity index (χ1) is 11.5. The smallest absolute Gasteiger partial charge is 0.259 e. The molecular weight excluding hydrogens is 307 g/mol. The maximum Gasteiger partial charge on any atom is 0.259 e. The van der Waals surface area contributed by atoms with E-state index in [0.29, 0.717) is 16.8 Å². The standard InChI is InChI=1S/C19H17FN2O2/c1-12(14-7-5-6-10-17(14)20)21-18(23)11-22-13(2)15-8-3-4-9-16(15)19(22)24/h3-10,12H,2,11H2,1H3,(H,21,23)/t12-/m0/s1. The van der Waals surface area contributed by atoms with E-state index in [1.54, 1.807) is 43.3 Å². The third kappa shape index (κ3) is 2.80. The maximum atomic E-state index is 13.8. The van der Waals surface area contributed by atoms with Gasteiger partial charge in [-0.15, -0.1) is 0 Å². The van der Waals surface area contributed by atoms with Gasteiger partial charge in [-0.2, -0.15) is 0 Å². The summed E-state index contributed by atoms with van der Waals surface area (Å²) >= 11 is 0. The van der Waals surface area contributed by atoms with Crippen molar-refractivity contribution in [2.45, 2.75) is 13.0 Å². The van der Waals surface area contributed by atoms with Gasteiger partial charge < -0.3 is 5.32 Å². The third-order valence-corrected chi connectivity index (χ3v) is 4.09. The maximum absolute atomic E-state index is 13.8. The van der Waals surface area contributed by atoms with E-state index in [1.807, 2.05) is 6.07 Å². The number of amides is 2. The van der Waals surface area contributed by atoms with Crippen molar-refractivity contribution in [2.75, 3.05) is 6.54 Å². The van der Waals surface area contributed by atoms with Crippen LogP contribution in [0.5, 0.6) is 0 Å². The van der Waals surface area contributed by atoms with Gasteiger partial charge in [-0.25, -0.2) is 4.39 Å². The minimum atomic E-state index is -0.493. The summed E-state index contributed by atoms with van der Waals surface area (Å²) in [6, 6.07) is 12.9. The molecule has 0 saturated heterocycles. The Balaban J connectivity index is 1.69. The van der Waals surface area contributed by atoms with E-state index in [1.165, 1.54) is 11.0 Å². The normalized spacial score (nSPS) is 14.5. The van der Waals surface area contributed by atoms with Gasteiger partial charge in [0, 0.05) is 22.4 Å². The molecule has 3 rings (SSSR count). The SMILES string of the molecule is C=C1c2ccccc2C(=O)N1CC(=O)N[C@@H](C)c1ccccc1F. The first-order valence-corrected chi connectivity index (χ1v) is 7.63. The fourth-order valence-corrected chi connectivity index (χ4v) is 2.84.